The standard InChI is InChI=1S/C14H27N7O2S.HI/c1-15-14(16-6-7-18-24(3,22)23)19-12-5-4-8-21(10-12)13-9-17-20(2)11-13;/h9,11-12,18H,4-8,10H2,1-3H3,(H2,15,16,19);1H. The van der Waals surface area contributed by atoms with Crippen LogP contribution in [0, 0.1) is 0 Å². The monoisotopic (exact) mass is 485 g/mol. The second-order valence-corrected chi connectivity index (χ2v) is 7.80. The fourth-order valence-corrected chi connectivity index (χ4v) is 3.18. The Bertz CT molecular complexity index is 662. The van der Waals surface area contributed by atoms with Crippen molar-refractivity contribution in [3.05, 3.63) is 12.4 Å². The molecule has 1 aromatic heterocycles. The first-order valence-corrected chi connectivity index (χ1v) is 9.92. The third-order valence-electron chi connectivity index (χ3n) is 3.82. The van der Waals surface area contributed by atoms with E-state index in [0.717, 1.165) is 37.9 Å². The van der Waals surface area contributed by atoms with Gasteiger partial charge in [0.05, 0.1) is 18.1 Å². The Morgan fingerprint density at radius 2 is 2.20 bits per heavy atom. The highest BCUT2D eigenvalue weighted by atomic mass is 127. The zero-order valence-electron chi connectivity index (χ0n) is 14.9. The lowest BCUT2D eigenvalue weighted by Crippen LogP contribution is -2.52. The number of piperidine rings is 1. The molecule has 0 spiro atoms. The van der Waals surface area contributed by atoms with Crippen LogP contribution in [0.25, 0.3) is 0 Å². The van der Waals surface area contributed by atoms with Crippen LogP contribution in [0.5, 0.6) is 0 Å². The van der Waals surface area contributed by atoms with Crippen LogP contribution in [-0.4, -0.2) is 69.7 Å². The van der Waals surface area contributed by atoms with Gasteiger partial charge >= 0.3 is 0 Å². The summed E-state index contributed by atoms with van der Waals surface area (Å²) in [5, 5.41) is 10.8. The van der Waals surface area contributed by atoms with E-state index < -0.39 is 10.0 Å². The number of nitrogens with zero attached hydrogens (tertiary/aromatic N) is 4. The average Bonchev–Trinajstić information content (AvgIpc) is 2.96. The fraction of sp³-hybridized carbons (Fsp3) is 0.714. The summed E-state index contributed by atoms with van der Waals surface area (Å²) in [5.41, 5.74) is 1.13. The number of hydrogen-bond acceptors (Lipinski definition) is 5. The molecule has 9 nitrogen and oxygen atoms in total. The van der Waals surface area contributed by atoms with Gasteiger partial charge in [0.1, 0.15) is 0 Å². The Balaban J connectivity index is 0.00000312. The summed E-state index contributed by atoms with van der Waals surface area (Å²) in [6.45, 7) is 2.71. The number of halogens is 1. The highest BCUT2D eigenvalue weighted by molar-refractivity contribution is 14.0. The Hall–Kier alpha value is -1.08. The molecule has 11 heteroatoms. The minimum atomic E-state index is -3.16. The molecule has 1 aromatic rings. The number of rotatable bonds is 6. The molecule has 2 rings (SSSR count). The van der Waals surface area contributed by atoms with Gasteiger partial charge in [-0.15, -0.1) is 24.0 Å². The molecule has 1 saturated heterocycles. The molecule has 0 aromatic carbocycles. The lowest BCUT2D eigenvalue weighted by Gasteiger charge is -2.34. The van der Waals surface area contributed by atoms with Crippen molar-refractivity contribution in [3.63, 3.8) is 0 Å². The summed E-state index contributed by atoms with van der Waals surface area (Å²) in [4.78, 5) is 6.51. The molecule has 3 N–H and O–H groups in total. The summed E-state index contributed by atoms with van der Waals surface area (Å²) in [6.07, 6.45) is 7.21. The third-order valence-corrected chi connectivity index (χ3v) is 4.55. The second kappa shape index (κ2) is 10.2. The van der Waals surface area contributed by atoms with E-state index in [4.69, 9.17) is 0 Å². The number of sulfonamides is 1. The van der Waals surface area contributed by atoms with Crippen LogP contribution < -0.4 is 20.3 Å². The van der Waals surface area contributed by atoms with Gasteiger partial charge in [-0.1, -0.05) is 0 Å². The van der Waals surface area contributed by atoms with E-state index in [2.05, 4.69) is 30.3 Å². The summed E-state index contributed by atoms with van der Waals surface area (Å²) in [7, 11) is 0.469. The molecule has 144 valence electrons. The van der Waals surface area contributed by atoms with Gasteiger partial charge in [0.2, 0.25) is 10.0 Å². The number of aryl methyl sites for hydroxylation is 1. The second-order valence-electron chi connectivity index (χ2n) is 5.97. The lowest BCUT2D eigenvalue weighted by molar-refractivity contribution is 0.468. The van der Waals surface area contributed by atoms with Crippen LogP contribution >= 0.6 is 24.0 Å². The van der Waals surface area contributed by atoms with Crippen LogP contribution in [-0.2, 0) is 17.1 Å². The summed E-state index contributed by atoms with van der Waals surface area (Å²) >= 11 is 0. The van der Waals surface area contributed by atoms with E-state index in [1.807, 2.05) is 24.1 Å². The molecule has 0 saturated carbocycles. The van der Waals surface area contributed by atoms with Crippen molar-refractivity contribution >= 4 is 45.6 Å². The Kier molecular flexibility index (Phi) is 8.93. The minimum Gasteiger partial charge on any atom is -0.367 e. The van der Waals surface area contributed by atoms with E-state index in [9.17, 15) is 8.42 Å². The largest absolute Gasteiger partial charge is 0.367 e. The average molecular weight is 485 g/mol. The highest BCUT2D eigenvalue weighted by Gasteiger charge is 2.21. The van der Waals surface area contributed by atoms with Gasteiger partial charge in [-0.2, -0.15) is 5.10 Å². The van der Waals surface area contributed by atoms with Gasteiger partial charge in [0.25, 0.3) is 0 Å². The normalized spacial score (nSPS) is 18.6. The Morgan fingerprint density at radius 3 is 2.80 bits per heavy atom. The first kappa shape index (κ1) is 22.0. The number of hydrogen-bond donors (Lipinski definition) is 3. The SMILES string of the molecule is CN=C(NCCNS(C)(=O)=O)NC1CCCN(c2cnn(C)c2)C1.I. The van der Waals surface area contributed by atoms with Gasteiger partial charge in [-0.25, -0.2) is 13.1 Å². The van der Waals surface area contributed by atoms with E-state index in [1.165, 1.54) is 0 Å². The molecule has 0 bridgehead atoms. The van der Waals surface area contributed by atoms with Crippen molar-refractivity contribution in [2.75, 3.05) is 44.4 Å². The molecular weight excluding hydrogens is 457 g/mol. The number of nitrogens with one attached hydrogen (secondary N) is 3. The van der Waals surface area contributed by atoms with Crippen LogP contribution in [0.3, 0.4) is 0 Å². The molecule has 1 fully saturated rings. The van der Waals surface area contributed by atoms with Gasteiger partial charge < -0.3 is 15.5 Å². The van der Waals surface area contributed by atoms with Crippen LogP contribution in [0.4, 0.5) is 5.69 Å². The molecular formula is C14H28IN7O2S. The maximum absolute atomic E-state index is 11.0. The molecule has 1 aliphatic heterocycles. The van der Waals surface area contributed by atoms with E-state index in [-0.39, 0.29) is 30.0 Å². The first-order valence-electron chi connectivity index (χ1n) is 8.03. The molecule has 25 heavy (non-hydrogen) atoms. The fourth-order valence-electron chi connectivity index (χ4n) is 2.71. The van der Waals surface area contributed by atoms with Crippen molar-refractivity contribution in [2.45, 2.75) is 18.9 Å². The van der Waals surface area contributed by atoms with Crippen LogP contribution in [0.1, 0.15) is 12.8 Å². The zero-order chi connectivity index (χ0) is 17.6. The molecule has 0 radical (unpaired) electrons. The van der Waals surface area contributed by atoms with Crippen molar-refractivity contribution in [2.24, 2.45) is 12.0 Å². The van der Waals surface area contributed by atoms with Crippen LogP contribution in [0.15, 0.2) is 17.4 Å². The summed E-state index contributed by atoms with van der Waals surface area (Å²) in [6, 6.07) is 0.285. The number of anilines is 1. The summed E-state index contributed by atoms with van der Waals surface area (Å²) < 4.78 is 26.3. The summed E-state index contributed by atoms with van der Waals surface area (Å²) in [5.74, 6) is 0.684. The predicted octanol–water partition coefficient (Wildman–Crippen LogP) is -0.279. The molecule has 1 atom stereocenters. The van der Waals surface area contributed by atoms with Crippen LogP contribution in [0.2, 0.25) is 0 Å². The van der Waals surface area contributed by atoms with Crippen molar-refractivity contribution in [3.8, 4) is 0 Å². The van der Waals surface area contributed by atoms with E-state index in [1.54, 1.807) is 7.05 Å². The maximum atomic E-state index is 11.0. The number of aromatic nitrogens is 2. The molecule has 0 amide bonds. The maximum Gasteiger partial charge on any atom is 0.208 e. The third kappa shape index (κ3) is 7.77. The predicted molar refractivity (Wildman–Crippen MR) is 111 cm³/mol. The Morgan fingerprint density at radius 1 is 1.44 bits per heavy atom. The topological polar surface area (TPSA) is 104 Å². The van der Waals surface area contributed by atoms with Gasteiger partial charge in [0, 0.05) is 52.5 Å². The van der Waals surface area contributed by atoms with Gasteiger partial charge in [-0.3, -0.25) is 9.67 Å². The first-order chi connectivity index (χ1) is 11.4. The van der Waals surface area contributed by atoms with Gasteiger partial charge in [0.15, 0.2) is 5.96 Å². The van der Waals surface area contributed by atoms with E-state index in [0.29, 0.717) is 19.0 Å². The highest BCUT2D eigenvalue weighted by Crippen LogP contribution is 2.18. The number of aliphatic imine (C=N–C) groups is 1. The lowest BCUT2D eigenvalue weighted by atomic mass is 10.1. The van der Waals surface area contributed by atoms with E-state index >= 15 is 0 Å². The Labute approximate surface area is 166 Å². The van der Waals surface area contributed by atoms with Gasteiger partial charge in [-0.05, 0) is 12.8 Å². The quantitative estimate of drug-likeness (QED) is 0.222. The van der Waals surface area contributed by atoms with Crippen molar-refractivity contribution < 1.29 is 8.42 Å². The molecule has 0 aliphatic carbocycles. The smallest absolute Gasteiger partial charge is 0.208 e. The molecule has 1 aliphatic rings. The van der Waals surface area contributed by atoms with Crippen molar-refractivity contribution in [1.82, 2.24) is 25.1 Å². The zero-order valence-corrected chi connectivity index (χ0v) is 18.0. The number of guanidine groups is 1. The van der Waals surface area contributed by atoms with Crippen molar-refractivity contribution in [1.29, 1.82) is 0 Å². The molecule has 2 heterocycles. The molecule has 1 unspecified atom stereocenters. The minimum absolute atomic E-state index is 0.